The van der Waals surface area contributed by atoms with E-state index in [2.05, 4.69) is 39.5 Å². The lowest BCUT2D eigenvalue weighted by Gasteiger charge is -2.05. The molecule has 0 saturated carbocycles. The monoisotopic (exact) mass is 270 g/mol. The van der Waals surface area contributed by atoms with Crippen molar-refractivity contribution in [2.45, 2.75) is 19.8 Å². The first-order valence-electron chi connectivity index (χ1n) is 6.16. The third-order valence-electron chi connectivity index (χ3n) is 2.88. The van der Waals surface area contributed by atoms with E-state index in [9.17, 15) is 0 Å². The number of benzene rings is 1. The first-order chi connectivity index (χ1) is 9.24. The lowest BCUT2D eigenvalue weighted by Crippen LogP contribution is -1.96. The van der Waals surface area contributed by atoms with Crippen molar-refractivity contribution in [2.24, 2.45) is 0 Å². The van der Waals surface area contributed by atoms with Crippen LogP contribution in [0.3, 0.4) is 0 Å². The number of thiazole rings is 1. The highest BCUT2D eigenvalue weighted by Gasteiger charge is 2.08. The molecular formula is C14H14N4S. The van der Waals surface area contributed by atoms with Crippen LogP contribution in [0, 0.1) is 0 Å². The molecule has 19 heavy (non-hydrogen) atoms. The molecule has 0 unspecified atom stereocenters. The Morgan fingerprint density at radius 3 is 2.79 bits per heavy atom. The molecule has 2 heterocycles. The summed E-state index contributed by atoms with van der Waals surface area (Å²) in [5.41, 5.74) is 2.03. The summed E-state index contributed by atoms with van der Waals surface area (Å²) in [6, 6.07) is 7.94. The van der Waals surface area contributed by atoms with Gasteiger partial charge in [0.1, 0.15) is 12.1 Å². The number of rotatable bonds is 3. The van der Waals surface area contributed by atoms with Crippen LogP contribution in [0.2, 0.25) is 0 Å². The molecule has 5 heteroatoms. The van der Waals surface area contributed by atoms with Gasteiger partial charge in [-0.1, -0.05) is 26.0 Å². The Morgan fingerprint density at radius 2 is 2.00 bits per heavy atom. The third-order valence-corrected chi connectivity index (χ3v) is 3.66. The van der Waals surface area contributed by atoms with Crippen LogP contribution >= 0.6 is 11.3 Å². The van der Waals surface area contributed by atoms with Crippen molar-refractivity contribution in [3.8, 4) is 0 Å². The van der Waals surface area contributed by atoms with Crippen molar-refractivity contribution in [3.63, 3.8) is 0 Å². The van der Waals surface area contributed by atoms with Gasteiger partial charge < -0.3 is 5.32 Å². The summed E-state index contributed by atoms with van der Waals surface area (Å²) >= 11 is 1.60. The smallest absolute Gasteiger partial charge is 0.188 e. The largest absolute Gasteiger partial charge is 0.316 e. The van der Waals surface area contributed by atoms with Gasteiger partial charge in [-0.2, -0.15) is 0 Å². The van der Waals surface area contributed by atoms with E-state index >= 15 is 0 Å². The van der Waals surface area contributed by atoms with E-state index in [-0.39, 0.29) is 0 Å². The molecule has 0 aliphatic heterocycles. The Kier molecular flexibility index (Phi) is 3.13. The average molecular weight is 270 g/mol. The van der Waals surface area contributed by atoms with Gasteiger partial charge in [0.2, 0.25) is 0 Å². The summed E-state index contributed by atoms with van der Waals surface area (Å²) in [5, 5.41) is 7.23. The first kappa shape index (κ1) is 12.0. The molecule has 0 radical (unpaired) electrons. The molecule has 0 atom stereocenters. The van der Waals surface area contributed by atoms with E-state index in [1.807, 2.05) is 24.3 Å². The summed E-state index contributed by atoms with van der Waals surface area (Å²) in [6.07, 6.45) is 1.57. The van der Waals surface area contributed by atoms with Gasteiger partial charge in [-0.15, -0.1) is 11.3 Å². The summed E-state index contributed by atoms with van der Waals surface area (Å²) in [5.74, 6) is 1.24. The van der Waals surface area contributed by atoms with Crippen LogP contribution in [0.15, 0.2) is 36.0 Å². The fourth-order valence-corrected chi connectivity index (χ4v) is 2.69. The van der Waals surface area contributed by atoms with Crippen LogP contribution in [-0.4, -0.2) is 15.0 Å². The highest BCUT2D eigenvalue weighted by molar-refractivity contribution is 7.13. The molecule has 0 fully saturated rings. The molecule has 0 aliphatic rings. The van der Waals surface area contributed by atoms with Gasteiger partial charge >= 0.3 is 0 Å². The maximum absolute atomic E-state index is 4.56. The van der Waals surface area contributed by atoms with E-state index in [0.29, 0.717) is 5.92 Å². The van der Waals surface area contributed by atoms with Crippen molar-refractivity contribution in [1.29, 1.82) is 0 Å². The number of hydrogen-bond acceptors (Lipinski definition) is 5. The Labute approximate surface area is 115 Å². The average Bonchev–Trinajstić information content (AvgIpc) is 2.88. The van der Waals surface area contributed by atoms with Gasteiger partial charge in [0.15, 0.2) is 5.13 Å². The van der Waals surface area contributed by atoms with Crippen molar-refractivity contribution < 1.29 is 0 Å². The van der Waals surface area contributed by atoms with Crippen LogP contribution in [0.1, 0.15) is 25.5 Å². The van der Waals surface area contributed by atoms with Crippen LogP contribution in [-0.2, 0) is 0 Å². The lowest BCUT2D eigenvalue weighted by atomic mass is 10.2. The quantitative estimate of drug-likeness (QED) is 0.782. The Bertz CT molecular complexity index is 700. The van der Waals surface area contributed by atoms with Crippen LogP contribution in [0.4, 0.5) is 10.9 Å². The minimum absolute atomic E-state index is 0.439. The van der Waals surface area contributed by atoms with E-state index in [0.717, 1.165) is 27.5 Å². The number of anilines is 2. The van der Waals surface area contributed by atoms with Gasteiger partial charge in [-0.05, 0) is 18.1 Å². The van der Waals surface area contributed by atoms with Gasteiger partial charge in [0, 0.05) is 10.8 Å². The SMILES string of the molecule is CC(C)c1csc(Nc2ncnc3ccccc23)n1. The molecule has 1 N–H and O–H groups in total. The highest BCUT2D eigenvalue weighted by Crippen LogP contribution is 2.26. The van der Waals surface area contributed by atoms with E-state index in [4.69, 9.17) is 0 Å². The van der Waals surface area contributed by atoms with Gasteiger partial charge in [0.05, 0.1) is 11.2 Å². The molecule has 3 rings (SSSR count). The molecule has 0 saturated heterocycles. The zero-order valence-electron chi connectivity index (χ0n) is 10.8. The van der Waals surface area contributed by atoms with Gasteiger partial charge in [-0.25, -0.2) is 15.0 Å². The predicted molar refractivity (Wildman–Crippen MR) is 79.0 cm³/mol. The number of fused-ring (bicyclic) bond motifs is 1. The topological polar surface area (TPSA) is 50.7 Å². The minimum atomic E-state index is 0.439. The second-order valence-corrected chi connectivity index (χ2v) is 5.45. The third kappa shape index (κ3) is 2.42. The second-order valence-electron chi connectivity index (χ2n) is 4.60. The van der Waals surface area contributed by atoms with E-state index in [1.165, 1.54) is 0 Å². The first-order valence-corrected chi connectivity index (χ1v) is 7.04. The fraction of sp³-hybridized carbons (Fsp3) is 0.214. The molecule has 0 aliphatic carbocycles. The van der Waals surface area contributed by atoms with Crippen molar-refractivity contribution in [2.75, 3.05) is 5.32 Å². The Hall–Kier alpha value is -2.01. The number of para-hydroxylation sites is 1. The molecular weight excluding hydrogens is 256 g/mol. The Morgan fingerprint density at radius 1 is 1.16 bits per heavy atom. The summed E-state index contributed by atoms with van der Waals surface area (Å²) < 4.78 is 0. The van der Waals surface area contributed by atoms with Crippen molar-refractivity contribution >= 4 is 33.2 Å². The summed E-state index contributed by atoms with van der Waals surface area (Å²) in [4.78, 5) is 13.1. The number of hydrogen-bond donors (Lipinski definition) is 1. The van der Waals surface area contributed by atoms with Crippen LogP contribution < -0.4 is 5.32 Å². The van der Waals surface area contributed by atoms with E-state index in [1.54, 1.807) is 17.7 Å². The predicted octanol–water partition coefficient (Wildman–Crippen LogP) is 3.95. The molecule has 0 amide bonds. The maximum atomic E-state index is 4.56. The standard InChI is InChI=1S/C14H14N4S/c1-9(2)12-7-19-14(17-12)18-13-10-5-3-4-6-11(10)15-8-16-13/h3-9H,1-2H3,(H,15,16,17,18). The van der Waals surface area contributed by atoms with Crippen molar-refractivity contribution in [3.05, 3.63) is 41.7 Å². The zero-order chi connectivity index (χ0) is 13.2. The number of nitrogens with zero attached hydrogens (tertiary/aromatic N) is 3. The molecule has 0 bridgehead atoms. The molecule has 3 aromatic rings. The lowest BCUT2D eigenvalue weighted by molar-refractivity contribution is 0.834. The summed E-state index contributed by atoms with van der Waals surface area (Å²) in [6.45, 7) is 4.28. The minimum Gasteiger partial charge on any atom is -0.316 e. The van der Waals surface area contributed by atoms with Crippen LogP contribution in [0.25, 0.3) is 10.9 Å². The molecule has 96 valence electrons. The maximum Gasteiger partial charge on any atom is 0.188 e. The van der Waals surface area contributed by atoms with Crippen molar-refractivity contribution in [1.82, 2.24) is 15.0 Å². The van der Waals surface area contributed by atoms with E-state index < -0.39 is 0 Å². The highest BCUT2D eigenvalue weighted by atomic mass is 32.1. The van der Waals surface area contributed by atoms with Gasteiger partial charge in [-0.3, -0.25) is 0 Å². The molecule has 1 aromatic carbocycles. The Balaban J connectivity index is 1.96. The molecule has 0 spiro atoms. The fourth-order valence-electron chi connectivity index (χ4n) is 1.81. The van der Waals surface area contributed by atoms with Crippen LogP contribution in [0.5, 0.6) is 0 Å². The number of aromatic nitrogens is 3. The molecule has 2 aromatic heterocycles. The number of nitrogens with one attached hydrogen (secondary N) is 1. The van der Waals surface area contributed by atoms with Gasteiger partial charge in [0.25, 0.3) is 0 Å². The molecule has 4 nitrogen and oxygen atoms in total. The normalized spacial score (nSPS) is 11.1. The second kappa shape index (κ2) is 4.93. The zero-order valence-corrected chi connectivity index (χ0v) is 11.6. The summed E-state index contributed by atoms with van der Waals surface area (Å²) in [7, 11) is 0.